The number of hydrogen-bond donors (Lipinski definition) is 1. The van der Waals surface area contributed by atoms with Gasteiger partial charge in [0.15, 0.2) is 0 Å². The first-order valence-corrected chi connectivity index (χ1v) is 10.4. The standard InChI is InChI=1S/C24H30N4O/c1-3-22-7-4-6-19(2)24(22)26-23(29)18-28-13-5-12-27(14-15-28)17-21-10-8-20(16-25)9-11-21/h4,6-11H,3,5,12-15,17-18H2,1-2H3,(H,26,29). The van der Waals surface area contributed by atoms with E-state index in [0.717, 1.165) is 56.8 Å². The molecule has 0 spiro atoms. The molecule has 0 bridgehead atoms. The normalized spacial score (nSPS) is 15.5. The van der Waals surface area contributed by atoms with Gasteiger partial charge in [-0.05, 0) is 61.7 Å². The van der Waals surface area contributed by atoms with Crippen LogP contribution in [-0.4, -0.2) is 48.4 Å². The highest BCUT2D eigenvalue weighted by molar-refractivity contribution is 5.93. The molecule has 0 unspecified atom stereocenters. The van der Waals surface area contributed by atoms with E-state index in [2.05, 4.69) is 34.2 Å². The first-order chi connectivity index (χ1) is 14.1. The molecule has 29 heavy (non-hydrogen) atoms. The second-order valence-corrected chi connectivity index (χ2v) is 7.73. The smallest absolute Gasteiger partial charge is 0.238 e. The van der Waals surface area contributed by atoms with Gasteiger partial charge in [-0.25, -0.2) is 0 Å². The second-order valence-electron chi connectivity index (χ2n) is 7.73. The third kappa shape index (κ3) is 5.90. The van der Waals surface area contributed by atoms with Gasteiger partial charge in [0.2, 0.25) is 5.91 Å². The van der Waals surface area contributed by atoms with E-state index >= 15 is 0 Å². The van der Waals surface area contributed by atoms with Gasteiger partial charge < -0.3 is 5.32 Å². The Hall–Kier alpha value is -2.68. The van der Waals surface area contributed by atoms with Crippen LogP contribution in [-0.2, 0) is 17.8 Å². The summed E-state index contributed by atoms with van der Waals surface area (Å²) < 4.78 is 0. The van der Waals surface area contributed by atoms with Crippen LogP contribution in [0.25, 0.3) is 0 Å². The molecule has 0 radical (unpaired) electrons. The van der Waals surface area contributed by atoms with Crippen LogP contribution in [0.4, 0.5) is 5.69 Å². The number of para-hydroxylation sites is 1. The lowest BCUT2D eigenvalue weighted by molar-refractivity contribution is -0.117. The van der Waals surface area contributed by atoms with Gasteiger partial charge in [-0.1, -0.05) is 37.3 Å². The van der Waals surface area contributed by atoms with E-state index in [1.54, 1.807) is 0 Å². The Balaban J connectivity index is 1.52. The van der Waals surface area contributed by atoms with Gasteiger partial charge in [-0.2, -0.15) is 5.26 Å². The number of nitriles is 1. The largest absolute Gasteiger partial charge is 0.324 e. The van der Waals surface area contributed by atoms with Gasteiger partial charge >= 0.3 is 0 Å². The van der Waals surface area contributed by atoms with E-state index in [4.69, 9.17) is 5.26 Å². The topological polar surface area (TPSA) is 59.4 Å². The van der Waals surface area contributed by atoms with Crippen molar-refractivity contribution in [3.8, 4) is 6.07 Å². The van der Waals surface area contributed by atoms with Crippen molar-refractivity contribution in [1.29, 1.82) is 5.26 Å². The number of rotatable bonds is 6. The number of benzene rings is 2. The average molecular weight is 391 g/mol. The van der Waals surface area contributed by atoms with Crippen molar-refractivity contribution >= 4 is 11.6 Å². The number of anilines is 1. The summed E-state index contributed by atoms with van der Waals surface area (Å²) in [7, 11) is 0. The minimum atomic E-state index is 0.0644. The minimum absolute atomic E-state index is 0.0644. The number of hydrogen-bond acceptors (Lipinski definition) is 4. The Labute approximate surface area is 173 Å². The summed E-state index contributed by atoms with van der Waals surface area (Å²) in [6, 6.07) is 16.1. The van der Waals surface area contributed by atoms with E-state index < -0.39 is 0 Å². The van der Waals surface area contributed by atoms with Gasteiger partial charge in [0.05, 0.1) is 18.2 Å². The third-order valence-corrected chi connectivity index (χ3v) is 5.54. The summed E-state index contributed by atoms with van der Waals surface area (Å²) in [4.78, 5) is 17.3. The van der Waals surface area contributed by atoms with Crippen LogP contribution >= 0.6 is 0 Å². The number of carbonyl (C=O) groups excluding carboxylic acids is 1. The van der Waals surface area contributed by atoms with Crippen molar-refractivity contribution in [2.75, 3.05) is 38.0 Å². The van der Waals surface area contributed by atoms with E-state index in [1.165, 1.54) is 11.1 Å². The quantitative estimate of drug-likeness (QED) is 0.819. The van der Waals surface area contributed by atoms with Crippen LogP contribution in [0, 0.1) is 18.3 Å². The van der Waals surface area contributed by atoms with E-state index in [-0.39, 0.29) is 5.91 Å². The van der Waals surface area contributed by atoms with Gasteiger partial charge in [0, 0.05) is 25.3 Å². The van der Waals surface area contributed by atoms with Crippen LogP contribution in [0.2, 0.25) is 0 Å². The van der Waals surface area contributed by atoms with Gasteiger partial charge in [0.1, 0.15) is 0 Å². The first-order valence-electron chi connectivity index (χ1n) is 10.4. The van der Waals surface area contributed by atoms with E-state index in [1.807, 2.05) is 43.3 Å². The van der Waals surface area contributed by atoms with Crippen LogP contribution in [0.3, 0.4) is 0 Å². The first kappa shape index (κ1) is 21.0. The molecule has 1 N–H and O–H groups in total. The van der Waals surface area contributed by atoms with Crippen LogP contribution in [0.5, 0.6) is 0 Å². The van der Waals surface area contributed by atoms with Gasteiger partial charge in [-0.3, -0.25) is 14.6 Å². The molecule has 1 aliphatic rings. The Morgan fingerprint density at radius 2 is 1.79 bits per heavy atom. The summed E-state index contributed by atoms with van der Waals surface area (Å²) in [5.74, 6) is 0.0644. The summed E-state index contributed by atoms with van der Waals surface area (Å²) in [5, 5.41) is 12.1. The average Bonchev–Trinajstić information content (AvgIpc) is 2.95. The lowest BCUT2D eigenvalue weighted by Crippen LogP contribution is -2.36. The molecule has 0 atom stereocenters. The SMILES string of the molecule is CCc1cccc(C)c1NC(=O)CN1CCCN(Cc2ccc(C#N)cc2)CC1. The lowest BCUT2D eigenvalue weighted by atomic mass is 10.1. The number of aryl methyl sites for hydroxylation is 2. The summed E-state index contributed by atoms with van der Waals surface area (Å²) in [5.41, 5.74) is 5.19. The molecule has 0 saturated carbocycles. The molecule has 2 aromatic rings. The van der Waals surface area contributed by atoms with E-state index in [9.17, 15) is 4.79 Å². The predicted molar refractivity (Wildman–Crippen MR) is 117 cm³/mol. The summed E-state index contributed by atoms with van der Waals surface area (Å²) in [6.45, 7) is 9.26. The molecule has 1 fully saturated rings. The number of nitrogens with one attached hydrogen (secondary N) is 1. The maximum atomic E-state index is 12.7. The van der Waals surface area contributed by atoms with Crippen molar-refractivity contribution in [2.45, 2.75) is 33.2 Å². The van der Waals surface area contributed by atoms with Crippen molar-refractivity contribution < 1.29 is 4.79 Å². The van der Waals surface area contributed by atoms with Crippen molar-refractivity contribution in [3.63, 3.8) is 0 Å². The number of nitrogens with zero attached hydrogens (tertiary/aromatic N) is 3. The highest BCUT2D eigenvalue weighted by Gasteiger charge is 2.18. The minimum Gasteiger partial charge on any atom is -0.324 e. The zero-order valence-electron chi connectivity index (χ0n) is 17.4. The molecule has 1 aliphatic heterocycles. The van der Waals surface area contributed by atoms with Crippen molar-refractivity contribution in [3.05, 3.63) is 64.7 Å². The predicted octanol–water partition coefficient (Wildman–Crippen LogP) is 3.58. The maximum absolute atomic E-state index is 12.7. The van der Waals surface area contributed by atoms with Crippen LogP contribution in [0.1, 0.15) is 35.6 Å². The monoisotopic (exact) mass is 390 g/mol. The third-order valence-electron chi connectivity index (χ3n) is 5.54. The highest BCUT2D eigenvalue weighted by atomic mass is 16.2. The van der Waals surface area contributed by atoms with Crippen molar-refractivity contribution in [1.82, 2.24) is 9.80 Å². The Bertz CT molecular complexity index is 869. The fourth-order valence-corrected chi connectivity index (χ4v) is 3.87. The molecule has 1 saturated heterocycles. The van der Waals surface area contributed by atoms with E-state index in [0.29, 0.717) is 12.1 Å². The molecule has 1 amide bonds. The fourth-order valence-electron chi connectivity index (χ4n) is 3.87. The molecular weight excluding hydrogens is 360 g/mol. The molecule has 5 heteroatoms. The van der Waals surface area contributed by atoms with Crippen LogP contribution < -0.4 is 5.32 Å². The Kier molecular flexibility index (Phi) is 7.40. The zero-order valence-corrected chi connectivity index (χ0v) is 17.4. The lowest BCUT2D eigenvalue weighted by Gasteiger charge is -2.22. The van der Waals surface area contributed by atoms with Gasteiger partial charge in [-0.15, -0.1) is 0 Å². The molecule has 152 valence electrons. The molecule has 0 aromatic heterocycles. The van der Waals surface area contributed by atoms with Crippen LogP contribution in [0.15, 0.2) is 42.5 Å². The molecular formula is C24H30N4O. The zero-order chi connectivity index (χ0) is 20.6. The Morgan fingerprint density at radius 1 is 1.07 bits per heavy atom. The summed E-state index contributed by atoms with van der Waals surface area (Å²) in [6.07, 6.45) is 1.96. The molecule has 5 nitrogen and oxygen atoms in total. The number of amides is 1. The molecule has 3 rings (SSSR count). The maximum Gasteiger partial charge on any atom is 0.238 e. The van der Waals surface area contributed by atoms with Gasteiger partial charge in [0.25, 0.3) is 0 Å². The van der Waals surface area contributed by atoms with Crippen molar-refractivity contribution in [2.24, 2.45) is 0 Å². The molecule has 2 aromatic carbocycles. The second kappa shape index (κ2) is 10.2. The summed E-state index contributed by atoms with van der Waals surface area (Å²) >= 11 is 0. The number of carbonyl (C=O) groups is 1. The molecule has 1 heterocycles. The molecule has 0 aliphatic carbocycles. The Morgan fingerprint density at radius 3 is 2.52 bits per heavy atom. The fraction of sp³-hybridized carbons (Fsp3) is 0.417. The highest BCUT2D eigenvalue weighted by Crippen LogP contribution is 2.21.